The maximum atomic E-state index is 12.8. The van der Waals surface area contributed by atoms with Gasteiger partial charge in [0.1, 0.15) is 0 Å². The average molecular weight is 564 g/mol. The van der Waals surface area contributed by atoms with Gasteiger partial charge < -0.3 is 4.74 Å². The third kappa shape index (κ3) is 8.64. The molecular formula is C29H33F2O5S2+. The molecule has 0 saturated heterocycles. The summed E-state index contributed by atoms with van der Waals surface area (Å²) < 4.78 is 58.5. The van der Waals surface area contributed by atoms with Crippen LogP contribution in [0.25, 0.3) is 0 Å². The fourth-order valence-electron chi connectivity index (χ4n) is 4.21. The van der Waals surface area contributed by atoms with E-state index in [1.807, 2.05) is 0 Å². The van der Waals surface area contributed by atoms with Gasteiger partial charge in [0.2, 0.25) is 0 Å². The second-order valence-electron chi connectivity index (χ2n) is 9.18. The van der Waals surface area contributed by atoms with Crippen molar-refractivity contribution >= 4 is 27.0 Å². The van der Waals surface area contributed by atoms with E-state index in [0.717, 1.165) is 32.1 Å². The van der Waals surface area contributed by atoms with Gasteiger partial charge in [0.05, 0.1) is 10.9 Å². The molecule has 38 heavy (non-hydrogen) atoms. The van der Waals surface area contributed by atoms with Crippen LogP contribution in [-0.4, -0.2) is 30.8 Å². The highest BCUT2D eigenvalue weighted by Crippen LogP contribution is 2.32. The van der Waals surface area contributed by atoms with E-state index in [2.05, 4.69) is 96.6 Å². The number of aryl methyl sites for hydroxylation is 1. The molecular weight excluding hydrogens is 530 g/mol. The van der Waals surface area contributed by atoms with Crippen LogP contribution in [0.4, 0.5) is 8.78 Å². The molecule has 1 aliphatic carbocycles. The Morgan fingerprint density at radius 3 is 1.89 bits per heavy atom. The molecule has 204 valence electrons. The Labute approximate surface area is 226 Å². The zero-order chi connectivity index (χ0) is 27.6. The fraction of sp³-hybridized carbons (Fsp3) is 0.345. The Morgan fingerprint density at radius 1 is 0.895 bits per heavy atom. The topological polar surface area (TPSA) is 80.7 Å². The number of alkyl halides is 2. The minimum absolute atomic E-state index is 0.0154. The standard InChI is InChI=1S/C19H17S.C10H16F2O5S/c1-16-10-8-9-15-19(16)20(17-11-4-2-5-12-17)18-13-6-3-7-14-18;11-10(12,18(14,15)16)7-17-9(13)6-8-4-2-1-3-5-8/h2-15H,1H3;8H,1-7H2,(H,14,15,16)/q+1;. The largest absolute Gasteiger partial charge is 0.458 e. The molecule has 3 aromatic carbocycles. The molecule has 0 aromatic heterocycles. The van der Waals surface area contributed by atoms with Gasteiger partial charge in [0.25, 0.3) is 0 Å². The number of hydrogen-bond acceptors (Lipinski definition) is 4. The van der Waals surface area contributed by atoms with E-state index in [1.165, 1.54) is 20.2 Å². The highest BCUT2D eigenvalue weighted by Gasteiger charge is 2.45. The van der Waals surface area contributed by atoms with Gasteiger partial charge in [0, 0.05) is 12.0 Å². The van der Waals surface area contributed by atoms with Crippen LogP contribution in [0.5, 0.6) is 0 Å². The van der Waals surface area contributed by atoms with Gasteiger partial charge in [-0.05, 0) is 56.0 Å². The number of halogens is 2. The lowest BCUT2D eigenvalue weighted by atomic mass is 9.87. The number of carbonyl (C=O) groups excluding carboxylic acids is 1. The van der Waals surface area contributed by atoms with Crippen molar-refractivity contribution in [3.05, 3.63) is 90.5 Å². The quantitative estimate of drug-likeness (QED) is 0.180. The molecule has 1 aliphatic rings. The van der Waals surface area contributed by atoms with Crippen molar-refractivity contribution < 1.29 is 31.3 Å². The summed E-state index contributed by atoms with van der Waals surface area (Å²) >= 11 is 0. The van der Waals surface area contributed by atoms with Gasteiger partial charge in [-0.25, -0.2) is 0 Å². The van der Waals surface area contributed by atoms with Crippen LogP contribution in [0.1, 0.15) is 44.1 Å². The first-order chi connectivity index (χ1) is 18.1. The summed E-state index contributed by atoms with van der Waals surface area (Å²) in [5.41, 5.74) is 1.35. The Kier molecular flexibility index (Phi) is 10.9. The SMILES string of the molecule is Cc1ccccc1[S+](c1ccccc1)c1ccccc1.O=C(CC1CCCCC1)OCC(F)(F)S(=O)(=O)O. The van der Waals surface area contributed by atoms with E-state index in [0.29, 0.717) is 0 Å². The van der Waals surface area contributed by atoms with E-state index >= 15 is 0 Å². The fourth-order valence-corrected chi connectivity index (χ4v) is 6.66. The minimum Gasteiger partial charge on any atom is -0.458 e. The lowest BCUT2D eigenvalue weighted by molar-refractivity contribution is -0.151. The summed E-state index contributed by atoms with van der Waals surface area (Å²) in [5, 5.41) is -4.45. The maximum Gasteiger partial charge on any atom is 0.402 e. The molecule has 0 spiro atoms. The van der Waals surface area contributed by atoms with Crippen molar-refractivity contribution in [2.24, 2.45) is 5.92 Å². The monoisotopic (exact) mass is 563 g/mol. The van der Waals surface area contributed by atoms with Gasteiger partial charge in [-0.15, -0.1) is 0 Å². The number of benzene rings is 3. The third-order valence-electron chi connectivity index (χ3n) is 6.23. The van der Waals surface area contributed by atoms with Crippen molar-refractivity contribution in [1.29, 1.82) is 0 Å². The molecule has 5 nitrogen and oxygen atoms in total. The molecule has 0 bridgehead atoms. The van der Waals surface area contributed by atoms with E-state index in [1.54, 1.807) is 0 Å². The predicted molar refractivity (Wildman–Crippen MR) is 145 cm³/mol. The zero-order valence-corrected chi connectivity index (χ0v) is 22.9. The molecule has 1 saturated carbocycles. The molecule has 4 rings (SSSR count). The number of carbonyl (C=O) groups is 1. The molecule has 1 fully saturated rings. The second-order valence-corrected chi connectivity index (χ2v) is 12.7. The van der Waals surface area contributed by atoms with Crippen molar-refractivity contribution in [2.75, 3.05) is 6.61 Å². The molecule has 0 atom stereocenters. The zero-order valence-electron chi connectivity index (χ0n) is 21.3. The molecule has 3 aromatic rings. The Morgan fingerprint density at radius 2 is 1.39 bits per heavy atom. The molecule has 0 heterocycles. The number of rotatable bonds is 8. The van der Waals surface area contributed by atoms with E-state index in [4.69, 9.17) is 4.55 Å². The van der Waals surface area contributed by atoms with Crippen LogP contribution in [0.2, 0.25) is 0 Å². The smallest absolute Gasteiger partial charge is 0.402 e. The Hall–Kier alpha value is -2.75. The average Bonchev–Trinajstić information content (AvgIpc) is 2.90. The first-order valence-corrected chi connectivity index (χ1v) is 15.2. The van der Waals surface area contributed by atoms with Gasteiger partial charge >= 0.3 is 21.3 Å². The summed E-state index contributed by atoms with van der Waals surface area (Å²) in [6.45, 7) is 0.554. The highest BCUT2D eigenvalue weighted by atomic mass is 32.2. The molecule has 1 N–H and O–H groups in total. The Bertz CT molecular complexity index is 1220. The van der Waals surface area contributed by atoms with E-state index in [9.17, 15) is 22.0 Å². The van der Waals surface area contributed by atoms with Crippen LogP contribution in [-0.2, 0) is 30.5 Å². The lowest BCUT2D eigenvalue weighted by Crippen LogP contribution is -2.34. The lowest BCUT2D eigenvalue weighted by Gasteiger charge is -2.21. The minimum atomic E-state index is -5.54. The van der Waals surface area contributed by atoms with Gasteiger partial charge in [-0.2, -0.15) is 17.2 Å². The Balaban J connectivity index is 0.000000212. The maximum absolute atomic E-state index is 12.8. The van der Waals surface area contributed by atoms with Gasteiger partial charge in [0.15, 0.2) is 21.3 Å². The van der Waals surface area contributed by atoms with Crippen LogP contribution >= 0.6 is 0 Å². The first-order valence-electron chi connectivity index (χ1n) is 12.5. The van der Waals surface area contributed by atoms with E-state index in [-0.39, 0.29) is 23.2 Å². The second kappa shape index (κ2) is 13.9. The molecule has 0 unspecified atom stereocenters. The van der Waals surface area contributed by atoms with Crippen LogP contribution in [0.15, 0.2) is 99.6 Å². The van der Waals surface area contributed by atoms with Crippen LogP contribution in [0.3, 0.4) is 0 Å². The normalized spacial score (nSPS) is 14.4. The number of esters is 1. The summed E-state index contributed by atoms with van der Waals surface area (Å²) in [7, 11) is -5.57. The summed E-state index contributed by atoms with van der Waals surface area (Å²) in [6.07, 6.45) is 4.82. The molecule has 0 amide bonds. The first kappa shape index (κ1) is 29.8. The summed E-state index contributed by atoms with van der Waals surface area (Å²) in [4.78, 5) is 15.4. The molecule has 0 aliphatic heterocycles. The molecule has 0 radical (unpaired) electrons. The van der Waals surface area contributed by atoms with Crippen LogP contribution < -0.4 is 0 Å². The van der Waals surface area contributed by atoms with Crippen LogP contribution in [0, 0.1) is 12.8 Å². The number of hydrogen-bond donors (Lipinski definition) is 1. The van der Waals surface area contributed by atoms with Crippen molar-refractivity contribution in [3.8, 4) is 0 Å². The number of ether oxygens (including phenoxy) is 1. The summed E-state index contributed by atoms with van der Waals surface area (Å²) in [6, 6.07) is 30.2. The van der Waals surface area contributed by atoms with Crippen molar-refractivity contribution in [2.45, 2.75) is 65.4 Å². The predicted octanol–water partition coefficient (Wildman–Crippen LogP) is 7.07. The molecule has 9 heteroatoms. The van der Waals surface area contributed by atoms with Gasteiger partial charge in [-0.3, -0.25) is 9.35 Å². The van der Waals surface area contributed by atoms with Gasteiger partial charge in [-0.1, -0.05) is 73.9 Å². The van der Waals surface area contributed by atoms with Crippen molar-refractivity contribution in [1.82, 2.24) is 0 Å². The third-order valence-corrected chi connectivity index (χ3v) is 9.49. The highest BCUT2D eigenvalue weighted by molar-refractivity contribution is 7.97. The summed E-state index contributed by atoms with van der Waals surface area (Å²) in [5.74, 6) is -0.740. The van der Waals surface area contributed by atoms with Crippen molar-refractivity contribution in [3.63, 3.8) is 0 Å². The van der Waals surface area contributed by atoms with E-state index < -0.39 is 27.9 Å².